The number of β-amino-alcohol motifs (C(OH)–C–C–N with tert-alkyl or cyclic N) is 1. The lowest BCUT2D eigenvalue weighted by Crippen LogP contribution is -2.51. The molecule has 0 radical (unpaired) electrons. The maximum Gasteiger partial charge on any atom is 0.408 e. The van der Waals surface area contributed by atoms with Crippen LogP contribution in [0.4, 0.5) is 4.79 Å². The van der Waals surface area contributed by atoms with Gasteiger partial charge in [0.2, 0.25) is 0 Å². The molecular formula is C10H20N2O3. The zero-order valence-electron chi connectivity index (χ0n) is 9.76. The van der Waals surface area contributed by atoms with Crippen molar-refractivity contribution >= 4 is 6.09 Å². The van der Waals surface area contributed by atoms with Gasteiger partial charge in [0.05, 0.1) is 11.6 Å². The highest BCUT2D eigenvalue weighted by Gasteiger charge is 2.38. The first-order chi connectivity index (χ1) is 6.71. The molecule has 5 nitrogen and oxygen atoms in total. The molecule has 1 amide bonds. The molecule has 1 heterocycles. The average molecular weight is 216 g/mol. The van der Waals surface area contributed by atoms with Crippen molar-refractivity contribution in [3.63, 3.8) is 0 Å². The second kappa shape index (κ2) is 3.98. The lowest BCUT2D eigenvalue weighted by molar-refractivity contribution is 0.0269. The van der Waals surface area contributed by atoms with E-state index in [1.165, 1.54) is 0 Å². The summed E-state index contributed by atoms with van der Waals surface area (Å²) in [6.07, 6.45) is -0.489. The number of amides is 1. The Morgan fingerprint density at radius 2 is 2.20 bits per heavy atom. The van der Waals surface area contributed by atoms with Gasteiger partial charge < -0.3 is 20.5 Å². The van der Waals surface area contributed by atoms with Gasteiger partial charge in [0.25, 0.3) is 0 Å². The van der Waals surface area contributed by atoms with Crippen LogP contribution in [-0.2, 0) is 4.74 Å². The third-order valence-electron chi connectivity index (χ3n) is 2.27. The first kappa shape index (κ1) is 12.3. The summed E-state index contributed by atoms with van der Waals surface area (Å²) < 4.78 is 5.10. The Balaban J connectivity index is 2.45. The number of aliphatic hydroxyl groups is 1. The summed E-state index contributed by atoms with van der Waals surface area (Å²) in [5.74, 6) is 0. The fourth-order valence-corrected chi connectivity index (χ4v) is 1.47. The smallest absolute Gasteiger partial charge is 0.408 e. The van der Waals surface area contributed by atoms with Crippen molar-refractivity contribution in [3.8, 4) is 0 Å². The van der Waals surface area contributed by atoms with E-state index in [-0.39, 0.29) is 6.04 Å². The number of ether oxygens (including phenoxy) is 1. The van der Waals surface area contributed by atoms with Crippen LogP contribution in [0.15, 0.2) is 0 Å². The molecule has 3 N–H and O–H groups in total. The van der Waals surface area contributed by atoms with Gasteiger partial charge >= 0.3 is 6.09 Å². The number of nitrogens with one attached hydrogen (secondary N) is 2. The van der Waals surface area contributed by atoms with Crippen molar-refractivity contribution in [1.82, 2.24) is 10.6 Å². The highest BCUT2D eigenvalue weighted by atomic mass is 16.6. The van der Waals surface area contributed by atoms with Crippen LogP contribution < -0.4 is 10.6 Å². The second-order valence-corrected chi connectivity index (χ2v) is 5.19. The number of hydrogen-bond donors (Lipinski definition) is 3. The number of hydrogen-bond acceptors (Lipinski definition) is 4. The quantitative estimate of drug-likeness (QED) is 0.587. The summed E-state index contributed by atoms with van der Waals surface area (Å²) in [6.45, 7) is 8.14. The molecule has 5 heteroatoms. The number of rotatable bonds is 1. The van der Waals surface area contributed by atoms with E-state index >= 15 is 0 Å². The van der Waals surface area contributed by atoms with E-state index < -0.39 is 17.3 Å². The minimum absolute atomic E-state index is 0.299. The Morgan fingerprint density at radius 1 is 1.60 bits per heavy atom. The van der Waals surface area contributed by atoms with Gasteiger partial charge in [0.15, 0.2) is 0 Å². The van der Waals surface area contributed by atoms with E-state index in [1.54, 1.807) is 27.7 Å². The van der Waals surface area contributed by atoms with E-state index in [0.29, 0.717) is 13.1 Å². The minimum Gasteiger partial charge on any atom is -0.444 e. The summed E-state index contributed by atoms with van der Waals surface area (Å²) in [7, 11) is 0. The molecule has 1 aliphatic heterocycles. The summed E-state index contributed by atoms with van der Waals surface area (Å²) in [6, 6.07) is -0.299. The monoisotopic (exact) mass is 216 g/mol. The molecule has 1 aliphatic rings. The molecule has 88 valence electrons. The van der Waals surface area contributed by atoms with Crippen LogP contribution in [-0.4, -0.2) is 41.5 Å². The van der Waals surface area contributed by atoms with E-state index in [0.717, 1.165) is 0 Å². The first-order valence-electron chi connectivity index (χ1n) is 5.13. The van der Waals surface area contributed by atoms with Crippen LogP contribution in [0.1, 0.15) is 27.7 Å². The molecule has 0 spiro atoms. The van der Waals surface area contributed by atoms with Crippen LogP contribution in [0.5, 0.6) is 0 Å². The van der Waals surface area contributed by atoms with E-state index in [4.69, 9.17) is 4.74 Å². The Hall–Kier alpha value is -0.810. The van der Waals surface area contributed by atoms with Gasteiger partial charge in [-0.3, -0.25) is 0 Å². The Labute approximate surface area is 90.2 Å². The molecule has 0 aliphatic carbocycles. The van der Waals surface area contributed by atoms with E-state index in [2.05, 4.69) is 10.6 Å². The van der Waals surface area contributed by atoms with Crippen LogP contribution >= 0.6 is 0 Å². The minimum atomic E-state index is -0.906. The molecular weight excluding hydrogens is 196 g/mol. The van der Waals surface area contributed by atoms with Crippen LogP contribution in [0, 0.1) is 0 Å². The fraction of sp³-hybridized carbons (Fsp3) is 0.900. The van der Waals surface area contributed by atoms with Gasteiger partial charge in [0.1, 0.15) is 5.60 Å². The van der Waals surface area contributed by atoms with Crippen molar-refractivity contribution in [2.45, 2.75) is 44.9 Å². The summed E-state index contributed by atoms with van der Waals surface area (Å²) >= 11 is 0. The molecule has 1 rings (SSSR count). The van der Waals surface area contributed by atoms with Crippen LogP contribution in [0.3, 0.4) is 0 Å². The fourth-order valence-electron chi connectivity index (χ4n) is 1.47. The second-order valence-electron chi connectivity index (χ2n) is 5.19. The van der Waals surface area contributed by atoms with Crippen molar-refractivity contribution in [3.05, 3.63) is 0 Å². The van der Waals surface area contributed by atoms with Gasteiger partial charge in [-0.1, -0.05) is 0 Å². The SMILES string of the molecule is CC(C)(C)OC(=O)N[C@@H]1CNC[C@@]1(C)O. The summed E-state index contributed by atoms with van der Waals surface area (Å²) in [4.78, 5) is 11.4. The van der Waals surface area contributed by atoms with E-state index in [9.17, 15) is 9.90 Å². The largest absolute Gasteiger partial charge is 0.444 e. The number of carbonyl (C=O) groups excluding carboxylic acids is 1. The zero-order valence-corrected chi connectivity index (χ0v) is 9.76. The highest BCUT2D eigenvalue weighted by Crippen LogP contribution is 2.15. The van der Waals surface area contributed by atoms with Crippen molar-refractivity contribution in [2.24, 2.45) is 0 Å². The average Bonchev–Trinajstić information content (AvgIpc) is 2.26. The van der Waals surface area contributed by atoms with Gasteiger partial charge in [-0.05, 0) is 27.7 Å². The molecule has 0 aromatic heterocycles. The number of alkyl carbamates (subject to hydrolysis) is 1. The summed E-state index contributed by atoms with van der Waals surface area (Å²) in [5.41, 5.74) is -1.42. The van der Waals surface area contributed by atoms with Crippen LogP contribution in [0.2, 0.25) is 0 Å². The van der Waals surface area contributed by atoms with Crippen molar-refractivity contribution < 1.29 is 14.6 Å². The number of carbonyl (C=O) groups is 1. The van der Waals surface area contributed by atoms with Gasteiger partial charge in [-0.2, -0.15) is 0 Å². The Kier molecular flexibility index (Phi) is 3.25. The lowest BCUT2D eigenvalue weighted by atomic mass is 10.0. The summed E-state index contributed by atoms with van der Waals surface area (Å²) in [5, 5.41) is 15.5. The predicted octanol–water partition coefficient (Wildman–Crippen LogP) is 0.234. The third kappa shape index (κ3) is 3.68. The normalized spacial score (nSPS) is 31.4. The predicted molar refractivity (Wildman–Crippen MR) is 56.7 cm³/mol. The lowest BCUT2D eigenvalue weighted by Gasteiger charge is -2.27. The molecule has 0 unspecified atom stereocenters. The molecule has 15 heavy (non-hydrogen) atoms. The van der Waals surface area contributed by atoms with Gasteiger partial charge in [-0.25, -0.2) is 4.79 Å². The maximum atomic E-state index is 11.4. The molecule has 0 bridgehead atoms. The Bertz CT molecular complexity index is 246. The maximum absolute atomic E-state index is 11.4. The molecule has 0 saturated carbocycles. The van der Waals surface area contributed by atoms with Crippen LogP contribution in [0.25, 0.3) is 0 Å². The topological polar surface area (TPSA) is 70.6 Å². The molecule has 0 aromatic rings. The molecule has 0 aromatic carbocycles. The van der Waals surface area contributed by atoms with Gasteiger partial charge in [-0.15, -0.1) is 0 Å². The first-order valence-corrected chi connectivity index (χ1v) is 5.13. The van der Waals surface area contributed by atoms with Crippen molar-refractivity contribution in [1.29, 1.82) is 0 Å². The zero-order chi connectivity index (χ0) is 11.7. The highest BCUT2D eigenvalue weighted by molar-refractivity contribution is 5.68. The Morgan fingerprint density at radius 3 is 2.60 bits per heavy atom. The van der Waals surface area contributed by atoms with Gasteiger partial charge in [0, 0.05) is 13.1 Å². The molecule has 1 saturated heterocycles. The molecule has 2 atom stereocenters. The standard InChI is InChI=1S/C10H20N2O3/c1-9(2,3)15-8(13)12-7-5-11-6-10(7,4)14/h7,11,14H,5-6H2,1-4H3,(H,12,13)/t7-,10-/m1/s1. The third-order valence-corrected chi connectivity index (χ3v) is 2.27. The molecule has 1 fully saturated rings. The van der Waals surface area contributed by atoms with E-state index in [1.807, 2.05) is 0 Å². The van der Waals surface area contributed by atoms with Crippen molar-refractivity contribution in [2.75, 3.05) is 13.1 Å².